The van der Waals surface area contributed by atoms with Gasteiger partial charge in [0.05, 0.1) is 5.02 Å². The molecular weight excluding hydrogens is 230 g/mol. The van der Waals surface area contributed by atoms with Crippen molar-refractivity contribution in [2.75, 3.05) is 19.0 Å². The van der Waals surface area contributed by atoms with E-state index in [1.165, 1.54) is 5.56 Å². The number of anilines is 1. The van der Waals surface area contributed by atoms with Gasteiger partial charge in [-0.25, -0.2) is 0 Å². The van der Waals surface area contributed by atoms with Gasteiger partial charge in [-0.2, -0.15) is 0 Å². The number of aryl methyl sites for hydroxylation is 1. The van der Waals surface area contributed by atoms with Crippen molar-refractivity contribution in [3.8, 4) is 11.1 Å². The molecule has 0 spiro atoms. The zero-order valence-corrected chi connectivity index (χ0v) is 11.0. The van der Waals surface area contributed by atoms with E-state index in [4.69, 9.17) is 11.6 Å². The lowest BCUT2D eigenvalue weighted by atomic mass is 9.98. The van der Waals surface area contributed by atoms with Gasteiger partial charge >= 0.3 is 0 Å². The molecule has 0 heterocycles. The van der Waals surface area contributed by atoms with Crippen LogP contribution in [-0.4, -0.2) is 14.1 Å². The van der Waals surface area contributed by atoms with E-state index in [0.717, 1.165) is 16.8 Å². The summed E-state index contributed by atoms with van der Waals surface area (Å²) in [7, 11) is 4.04. The maximum Gasteiger partial charge on any atom is 0.0584 e. The van der Waals surface area contributed by atoms with Crippen LogP contribution < -0.4 is 4.90 Å². The lowest BCUT2D eigenvalue weighted by Crippen LogP contribution is -2.10. The Bertz CT molecular complexity index is 532. The second-order valence-corrected chi connectivity index (χ2v) is 4.64. The van der Waals surface area contributed by atoms with Crippen LogP contribution in [0.5, 0.6) is 0 Å². The SMILES string of the molecule is Cc1ccccc1-c1c(Cl)[c]ccc1N(C)C. The van der Waals surface area contributed by atoms with Gasteiger partial charge in [-0.15, -0.1) is 0 Å². The molecule has 0 saturated carbocycles. The average molecular weight is 245 g/mol. The lowest BCUT2D eigenvalue weighted by Gasteiger charge is -2.19. The summed E-state index contributed by atoms with van der Waals surface area (Å²) in [6.07, 6.45) is 0. The van der Waals surface area contributed by atoms with Gasteiger partial charge in [0.15, 0.2) is 0 Å². The topological polar surface area (TPSA) is 3.24 Å². The molecule has 0 unspecified atom stereocenters. The smallest absolute Gasteiger partial charge is 0.0584 e. The Morgan fingerprint density at radius 1 is 1.12 bits per heavy atom. The highest BCUT2D eigenvalue weighted by Gasteiger charge is 2.12. The molecule has 17 heavy (non-hydrogen) atoms. The summed E-state index contributed by atoms with van der Waals surface area (Å²) < 4.78 is 0. The number of rotatable bonds is 2. The molecule has 2 aromatic carbocycles. The summed E-state index contributed by atoms with van der Waals surface area (Å²) in [6.45, 7) is 2.10. The molecule has 0 fully saturated rings. The number of hydrogen-bond donors (Lipinski definition) is 0. The van der Waals surface area contributed by atoms with Gasteiger partial charge in [0.25, 0.3) is 0 Å². The van der Waals surface area contributed by atoms with Crippen molar-refractivity contribution >= 4 is 17.3 Å². The van der Waals surface area contributed by atoms with Crippen molar-refractivity contribution in [1.29, 1.82) is 0 Å². The first-order valence-electron chi connectivity index (χ1n) is 5.55. The second-order valence-electron chi connectivity index (χ2n) is 4.26. The normalized spacial score (nSPS) is 10.4. The highest BCUT2D eigenvalue weighted by Crippen LogP contribution is 2.37. The largest absolute Gasteiger partial charge is 0.377 e. The van der Waals surface area contributed by atoms with E-state index in [-0.39, 0.29) is 0 Å². The maximum absolute atomic E-state index is 6.30. The van der Waals surface area contributed by atoms with Crippen molar-refractivity contribution in [3.05, 3.63) is 53.1 Å². The van der Waals surface area contributed by atoms with Gasteiger partial charge in [-0.1, -0.05) is 41.9 Å². The second kappa shape index (κ2) is 4.80. The Balaban J connectivity index is 2.70. The molecule has 87 valence electrons. The first-order valence-corrected chi connectivity index (χ1v) is 5.92. The van der Waals surface area contributed by atoms with Crippen molar-refractivity contribution < 1.29 is 0 Å². The number of halogens is 1. The zero-order chi connectivity index (χ0) is 12.4. The minimum absolute atomic E-state index is 0.672. The molecule has 0 aliphatic carbocycles. The van der Waals surface area contributed by atoms with Crippen LogP contribution in [0.3, 0.4) is 0 Å². The zero-order valence-electron chi connectivity index (χ0n) is 10.3. The first kappa shape index (κ1) is 12.0. The minimum Gasteiger partial charge on any atom is -0.377 e. The Hall–Kier alpha value is -1.47. The molecule has 2 heteroatoms. The number of nitrogens with zero attached hydrogens (tertiary/aromatic N) is 1. The Labute approximate surface area is 108 Å². The summed E-state index contributed by atoms with van der Waals surface area (Å²) in [5.74, 6) is 0. The third-order valence-corrected chi connectivity index (χ3v) is 3.12. The molecule has 0 N–H and O–H groups in total. The molecule has 2 rings (SSSR count). The lowest BCUT2D eigenvalue weighted by molar-refractivity contribution is 1.13. The molecule has 1 nitrogen and oxygen atoms in total. The Kier molecular flexibility index (Phi) is 3.39. The quantitative estimate of drug-likeness (QED) is 0.766. The van der Waals surface area contributed by atoms with Gasteiger partial charge in [0, 0.05) is 31.4 Å². The van der Waals surface area contributed by atoms with Gasteiger partial charge in [0.1, 0.15) is 0 Å². The fourth-order valence-electron chi connectivity index (χ4n) is 1.94. The van der Waals surface area contributed by atoms with Crippen LogP contribution >= 0.6 is 11.6 Å². The number of benzene rings is 2. The predicted octanol–water partition coefficient (Wildman–Crippen LogP) is 4.18. The Morgan fingerprint density at radius 3 is 2.47 bits per heavy atom. The summed E-state index contributed by atoms with van der Waals surface area (Å²) in [5, 5.41) is 0.672. The van der Waals surface area contributed by atoms with E-state index in [9.17, 15) is 0 Å². The van der Waals surface area contributed by atoms with Crippen molar-refractivity contribution in [2.24, 2.45) is 0 Å². The molecule has 2 aromatic rings. The molecule has 0 aromatic heterocycles. The first-order chi connectivity index (χ1) is 8.11. The van der Waals surface area contributed by atoms with Crippen LogP contribution in [0.2, 0.25) is 5.02 Å². The average Bonchev–Trinajstić information content (AvgIpc) is 2.30. The fraction of sp³-hybridized carbons (Fsp3) is 0.200. The third kappa shape index (κ3) is 2.29. The number of hydrogen-bond acceptors (Lipinski definition) is 1. The van der Waals surface area contributed by atoms with Crippen LogP contribution in [0.1, 0.15) is 5.56 Å². The molecule has 1 radical (unpaired) electrons. The van der Waals surface area contributed by atoms with Gasteiger partial charge in [-0.3, -0.25) is 0 Å². The van der Waals surface area contributed by atoms with E-state index in [0.29, 0.717) is 5.02 Å². The maximum atomic E-state index is 6.30. The van der Waals surface area contributed by atoms with E-state index in [1.54, 1.807) is 0 Å². The van der Waals surface area contributed by atoms with Crippen molar-refractivity contribution in [1.82, 2.24) is 0 Å². The van der Waals surface area contributed by atoms with Crippen LogP contribution in [0, 0.1) is 13.0 Å². The fourth-order valence-corrected chi connectivity index (χ4v) is 2.21. The van der Waals surface area contributed by atoms with Gasteiger partial charge in [-0.05, 0) is 24.1 Å². The molecule has 0 aliphatic heterocycles. The predicted molar refractivity (Wildman–Crippen MR) is 74.8 cm³/mol. The molecule has 0 aliphatic rings. The van der Waals surface area contributed by atoms with Crippen LogP contribution in [0.4, 0.5) is 5.69 Å². The van der Waals surface area contributed by atoms with E-state index in [2.05, 4.69) is 30.0 Å². The minimum atomic E-state index is 0.672. The van der Waals surface area contributed by atoms with Crippen LogP contribution in [0.15, 0.2) is 36.4 Å². The van der Waals surface area contributed by atoms with E-state index in [1.807, 2.05) is 38.4 Å². The third-order valence-electron chi connectivity index (χ3n) is 2.82. The van der Waals surface area contributed by atoms with E-state index >= 15 is 0 Å². The molecule has 0 bridgehead atoms. The van der Waals surface area contributed by atoms with Crippen molar-refractivity contribution in [2.45, 2.75) is 6.92 Å². The monoisotopic (exact) mass is 244 g/mol. The van der Waals surface area contributed by atoms with Crippen molar-refractivity contribution in [3.63, 3.8) is 0 Å². The summed E-state index contributed by atoms with van der Waals surface area (Å²) in [5.41, 5.74) is 4.55. The Morgan fingerprint density at radius 2 is 1.82 bits per heavy atom. The van der Waals surface area contributed by atoms with Crippen LogP contribution in [0.25, 0.3) is 11.1 Å². The van der Waals surface area contributed by atoms with Gasteiger partial charge < -0.3 is 4.90 Å². The molecule has 0 amide bonds. The van der Waals surface area contributed by atoms with Gasteiger partial charge in [0.2, 0.25) is 0 Å². The standard InChI is InChI=1S/C15H15ClN/c1-11-7-4-5-8-12(11)15-13(16)9-6-10-14(15)17(2)3/h4-8,10H,1-3H3. The summed E-state index contributed by atoms with van der Waals surface area (Å²) >= 11 is 6.30. The molecule has 0 atom stereocenters. The molecule has 0 saturated heterocycles. The van der Waals surface area contributed by atoms with E-state index < -0.39 is 0 Å². The summed E-state index contributed by atoms with van der Waals surface area (Å²) in [6, 6.07) is 15.2. The van der Waals surface area contributed by atoms with Crippen LogP contribution in [-0.2, 0) is 0 Å². The highest BCUT2D eigenvalue weighted by atomic mass is 35.5. The highest BCUT2D eigenvalue weighted by molar-refractivity contribution is 6.34. The molecular formula is C15H15ClN. The summed E-state index contributed by atoms with van der Waals surface area (Å²) in [4.78, 5) is 2.07.